The quantitative estimate of drug-likeness (QED) is 0.295. The summed E-state index contributed by atoms with van der Waals surface area (Å²) < 4.78 is 18.4. The molecular weight excluding hydrogens is 384 g/mol. The van der Waals surface area contributed by atoms with Crippen LogP contribution in [0.3, 0.4) is 0 Å². The Balaban J connectivity index is 2.18. The molecule has 0 N–H and O–H groups in total. The maximum atomic E-state index is 6.15. The van der Waals surface area contributed by atoms with E-state index in [1.54, 1.807) is 0 Å². The van der Waals surface area contributed by atoms with Crippen molar-refractivity contribution in [2.75, 3.05) is 19.8 Å². The molecule has 0 aliphatic carbocycles. The minimum atomic E-state index is 0.673. The van der Waals surface area contributed by atoms with E-state index in [1.807, 2.05) is 36.4 Å². The lowest BCUT2D eigenvalue weighted by atomic mass is 9.83. The Morgan fingerprint density at radius 1 is 0.484 bits per heavy atom. The fraction of sp³-hybridized carbons (Fsp3) is 0.321. The van der Waals surface area contributed by atoms with Gasteiger partial charge >= 0.3 is 0 Å². The van der Waals surface area contributed by atoms with Crippen molar-refractivity contribution in [2.24, 2.45) is 0 Å². The van der Waals surface area contributed by atoms with Gasteiger partial charge in [-0.2, -0.15) is 0 Å². The first-order chi connectivity index (χ1) is 15.3. The van der Waals surface area contributed by atoms with E-state index in [4.69, 9.17) is 14.2 Å². The largest absolute Gasteiger partial charge is 0.493 e. The third kappa shape index (κ3) is 5.81. The van der Waals surface area contributed by atoms with E-state index in [0.717, 1.165) is 59.1 Å². The average Bonchev–Trinajstić information content (AvgIpc) is 2.82. The molecule has 0 fully saturated rings. The number of hydrogen-bond donors (Lipinski definition) is 0. The zero-order valence-corrected chi connectivity index (χ0v) is 18.9. The molecule has 3 aromatic rings. The van der Waals surface area contributed by atoms with Gasteiger partial charge in [0.05, 0.1) is 25.7 Å². The van der Waals surface area contributed by atoms with Crippen molar-refractivity contribution < 1.29 is 14.2 Å². The number of hydrogen-bond acceptors (Lipinski definition) is 3. The van der Waals surface area contributed by atoms with Crippen LogP contribution in [0.15, 0.2) is 72.8 Å². The smallest absolute Gasteiger partial charge is 0.123 e. The van der Waals surface area contributed by atoms with E-state index in [1.165, 1.54) is 0 Å². The van der Waals surface area contributed by atoms with Gasteiger partial charge in [0.2, 0.25) is 0 Å². The van der Waals surface area contributed by atoms with Gasteiger partial charge in [0.15, 0.2) is 0 Å². The standard InChI is InChI=1S/C28H33O3/c1-4-19-29-25-16-10-7-13-22(25)28(23-14-8-11-17-26(23)30-20-5-2)24-15-9-12-18-27(24)31-21-6-3/h7-18H,4-6,19-21H2,1-3H3. The first-order valence-corrected chi connectivity index (χ1v) is 11.3. The van der Waals surface area contributed by atoms with Crippen molar-refractivity contribution in [3.8, 4) is 17.2 Å². The van der Waals surface area contributed by atoms with Crippen LogP contribution in [0.2, 0.25) is 0 Å². The summed E-state index contributed by atoms with van der Waals surface area (Å²) in [6.07, 6.45) is 2.86. The van der Waals surface area contributed by atoms with Gasteiger partial charge in [-0.05, 0) is 37.5 Å². The second-order valence-electron chi connectivity index (χ2n) is 7.41. The van der Waals surface area contributed by atoms with Crippen molar-refractivity contribution in [2.45, 2.75) is 40.0 Å². The van der Waals surface area contributed by atoms with Crippen LogP contribution in [0.4, 0.5) is 0 Å². The summed E-state index contributed by atoms with van der Waals surface area (Å²) in [5.41, 5.74) is 3.11. The van der Waals surface area contributed by atoms with E-state index in [9.17, 15) is 0 Å². The Morgan fingerprint density at radius 3 is 1.06 bits per heavy atom. The Morgan fingerprint density at radius 2 is 0.774 bits per heavy atom. The van der Waals surface area contributed by atoms with E-state index in [2.05, 4.69) is 57.2 Å². The topological polar surface area (TPSA) is 27.7 Å². The Bertz CT molecular complexity index is 812. The predicted octanol–water partition coefficient (Wildman–Crippen LogP) is 7.07. The van der Waals surface area contributed by atoms with Crippen molar-refractivity contribution in [1.29, 1.82) is 0 Å². The molecule has 0 unspecified atom stereocenters. The monoisotopic (exact) mass is 417 g/mol. The lowest BCUT2D eigenvalue weighted by Crippen LogP contribution is -2.12. The van der Waals surface area contributed by atoms with Gasteiger partial charge in [-0.25, -0.2) is 0 Å². The first kappa shape index (κ1) is 22.7. The zero-order chi connectivity index (χ0) is 21.9. The summed E-state index contributed by atoms with van der Waals surface area (Å²) >= 11 is 0. The lowest BCUT2D eigenvalue weighted by Gasteiger charge is -2.25. The van der Waals surface area contributed by atoms with Crippen LogP contribution in [0.25, 0.3) is 0 Å². The van der Waals surface area contributed by atoms with E-state index >= 15 is 0 Å². The summed E-state index contributed by atoms with van der Waals surface area (Å²) in [4.78, 5) is 0. The lowest BCUT2D eigenvalue weighted by molar-refractivity contribution is 0.310. The minimum absolute atomic E-state index is 0.673. The maximum absolute atomic E-state index is 6.15. The van der Waals surface area contributed by atoms with Crippen LogP contribution < -0.4 is 14.2 Å². The van der Waals surface area contributed by atoms with Gasteiger partial charge in [0.25, 0.3) is 0 Å². The second kappa shape index (κ2) is 12.0. The molecule has 3 rings (SSSR count). The van der Waals surface area contributed by atoms with Crippen LogP contribution in [-0.4, -0.2) is 19.8 Å². The summed E-state index contributed by atoms with van der Waals surface area (Å²) in [6.45, 7) is 8.38. The molecule has 31 heavy (non-hydrogen) atoms. The third-order valence-corrected chi connectivity index (χ3v) is 4.85. The normalized spacial score (nSPS) is 10.8. The minimum Gasteiger partial charge on any atom is -0.493 e. The number of rotatable bonds is 12. The molecule has 0 bridgehead atoms. The molecule has 163 valence electrons. The van der Waals surface area contributed by atoms with E-state index < -0.39 is 0 Å². The van der Waals surface area contributed by atoms with Gasteiger partial charge in [0.1, 0.15) is 17.2 Å². The van der Waals surface area contributed by atoms with Crippen molar-refractivity contribution in [3.05, 3.63) is 95.4 Å². The third-order valence-electron chi connectivity index (χ3n) is 4.85. The highest BCUT2D eigenvalue weighted by atomic mass is 16.5. The van der Waals surface area contributed by atoms with Gasteiger partial charge in [-0.1, -0.05) is 75.4 Å². The van der Waals surface area contributed by atoms with E-state index in [-0.39, 0.29) is 0 Å². The van der Waals surface area contributed by atoms with Crippen molar-refractivity contribution >= 4 is 0 Å². The Labute approximate surface area is 187 Å². The summed E-state index contributed by atoms with van der Waals surface area (Å²) in [7, 11) is 0. The molecule has 0 saturated heterocycles. The Kier molecular flexibility index (Phi) is 8.84. The molecule has 0 atom stereocenters. The fourth-order valence-electron chi connectivity index (χ4n) is 3.47. The number of benzene rings is 3. The van der Waals surface area contributed by atoms with Crippen LogP contribution in [0.5, 0.6) is 17.2 Å². The molecular formula is C28H33O3. The molecule has 0 aliphatic heterocycles. The van der Waals surface area contributed by atoms with Crippen LogP contribution in [0.1, 0.15) is 56.7 Å². The second-order valence-corrected chi connectivity index (χ2v) is 7.41. The molecule has 0 saturated carbocycles. The average molecular weight is 418 g/mol. The SMILES string of the molecule is CCCOc1ccccc1[C](c1ccccc1OCCC)c1ccccc1OCCC. The highest BCUT2D eigenvalue weighted by Crippen LogP contribution is 2.43. The number of ether oxygens (including phenoxy) is 3. The van der Waals surface area contributed by atoms with Gasteiger partial charge in [0, 0.05) is 16.7 Å². The molecule has 3 nitrogen and oxygen atoms in total. The van der Waals surface area contributed by atoms with Gasteiger partial charge < -0.3 is 14.2 Å². The molecule has 0 heterocycles. The molecule has 0 spiro atoms. The van der Waals surface area contributed by atoms with Crippen LogP contribution in [0, 0.1) is 5.92 Å². The van der Waals surface area contributed by atoms with Gasteiger partial charge in [-0.15, -0.1) is 0 Å². The summed E-state index contributed by atoms with van der Waals surface area (Å²) in [5, 5.41) is 0. The van der Waals surface area contributed by atoms with Crippen molar-refractivity contribution in [1.82, 2.24) is 0 Å². The Hall–Kier alpha value is -2.94. The molecule has 3 aromatic carbocycles. The predicted molar refractivity (Wildman–Crippen MR) is 127 cm³/mol. The summed E-state index contributed by atoms with van der Waals surface area (Å²) in [6, 6.07) is 24.7. The molecule has 1 radical (unpaired) electrons. The zero-order valence-electron chi connectivity index (χ0n) is 18.9. The van der Waals surface area contributed by atoms with Crippen molar-refractivity contribution in [3.63, 3.8) is 0 Å². The highest BCUT2D eigenvalue weighted by Gasteiger charge is 2.27. The highest BCUT2D eigenvalue weighted by molar-refractivity contribution is 5.67. The number of para-hydroxylation sites is 3. The first-order valence-electron chi connectivity index (χ1n) is 11.3. The van der Waals surface area contributed by atoms with Gasteiger partial charge in [-0.3, -0.25) is 0 Å². The molecule has 0 aliphatic rings. The van der Waals surface area contributed by atoms with E-state index in [0.29, 0.717) is 19.8 Å². The molecule has 0 amide bonds. The maximum Gasteiger partial charge on any atom is 0.123 e. The summed E-state index contributed by atoms with van der Waals surface area (Å²) in [5.74, 6) is 3.67. The molecule has 0 aromatic heterocycles. The fourth-order valence-corrected chi connectivity index (χ4v) is 3.47. The van der Waals surface area contributed by atoms with Crippen LogP contribution in [-0.2, 0) is 0 Å². The molecule has 3 heteroatoms. The van der Waals surface area contributed by atoms with Crippen LogP contribution >= 0.6 is 0 Å².